The average molecular weight is 477 g/mol. The van der Waals surface area contributed by atoms with Crippen LogP contribution in [-0.2, 0) is 16.1 Å². The fourth-order valence-corrected chi connectivity index (χ4v) is 4.09. The molecule has 1 aliphatic rings. The summed E-state index contributed by atoms with van der Waals surface area (Å²) in [7, 11) is 4.03. The summed E-state index contributed by atoms with van der Waals surface area (Å²) in [6, 6.07) is 20.5. The molecule has 1 amide bonds. The quantitative estimate of drug-likeness (QED) is 0.408. The Bertz CT molecular complexity index is 1240. The Kier molecular flexibility index (Phi) is 6.95. The lowest BCUT2D eigenvalue weighted by atomic mass is 9.90. The lowest BCUT2D eigenvalue weighted by Crippen LogP contribution is -2.22. The molecular formula is C26H25ClN4O3. The van der Waals surface area contributed by atoms with E-state index in [-0.39, 0.29) is 12.5 Å². The van der Waals surface area contributed by atoms with Gasteiger partial charge in [0.2, 0.25) is 5.91 Å². The lowest BCUT2D eigenvalue weighted by molar-refractivity contribution is -0.135. The molecule has 174 valence electrons. The third-order valence-corrected chi connectivity index (χ3v) is 5.66. The number of nitrogens with zero attached hydrogens (tertiary/aromatic N) is 2. The molecular weight excluding hydrogens is 452 g/mol. The second-order valence-corrected chi connectivity index (χ2v) is 8.82. The van der Waals surface area contributed by atoms with E-state index in [2.05, 4.69) is 15.5 Å². The van der Waals surface area contributed by atoms with Crippen molar-refractivity contribution >= 4 is 46.3 Å². The Labute approximate surface area is 203 Å². The second-order valence-electron chi connectivity index (χ2n) is 8.38. The number of aliphatic carboxylic acids is 1. The van der Waals surface area contributed by atoms with Gasteiger partial charge >= 0.3 is 5.97 Å². The minimum absolute atomic E-state index is 0.173. The maximum atomic E-state index is 13.0. The largest absolute Gasteiger partial charge is 0.480 e. The summed E-state index contributed by atoms with van der Waals surface area (Å²) in [6.45, 7) is 0.638. The molecule has 0 saturated carbocycles. The number of fused-ring (bicyclic) bond motifs is 1. The first-order valence-corrected chi connectivity index (χ1v) is 11.2. The molecule has 8 heteroatoms. The van der Waals surface area contributed by atoms with Crippen molar-refractivity contribution in [2.45, 2.75) is 12.5 Å². The molecule has 34 heavy (non-hydrogen) atoms. The van der Waals surface area contributed by atoms with Crippen molar-refractivity contribution in [1.82, 2.24) is 4.90 Å². The fourth-order valence-electron chi connectivity index (χ4n) is 3.92. The summed E-state index contributed by atoms with van der Waals surface area (Å²) >= 11 is 6.13. The molecule has 0 fully saturated rings. The van der Waals surface area contributed by atoms with Gasteiger partial charge in [-0.15, -0.1) is 0 Å². The van der Waals surface area contributed by atoms with Crippen LogP contribution in [0.5, 0.6) is 0 Å². The molecule has 3 N–H and O–H groups in total. The second kappa shape index (κ2) is 10.1. The minimum Gasteiger partial charge on any atom is -0.480 e. The van der Waals surface area contributed by atoms with Gasteiger partial charge < -0.3 is 20.6 Å². The summed E-state index contributed by atoms with van der Waals surface area (Å²) in [5.41, 5.74) is 5.42. The average Bonchev–Trinajstić information content (AvgIpc) is 3.11. The summed E-state index contributed by atoms with van der Waals surface area (Å²) in [4.78, 5) is 30.9. The van der Waals surface area contributed by atoms with Gasteiger partial charge in [0.25, 0.3) is 0 Å². The van der Waals surface area contributed by atoms with E-state index in [1.807, 2.05) is 56.6 Å². The van der Waals surface area contributed by atoms with Crippen molar-refractivity contribution in [2.75, 3.05) is 31.3 Å². The van der Waals surface area contributed by atoms with E-state index in [4.69, 9.17) is 21.7 Å². The number of carboxylic acids is 1. The normalized spacial score (nSPS) is 15.2. The highest BCUT2D eigenvalue weighted by Gasteiger charge is 2.35. The standard InChI is InChI=1S/C26H25ClN4O3/c1-31(2)15-16-3-8-20(9-4-16)29-25(17-5-10-19(11-6-17)28-14-23(32)33)24-21-12-7-18(27)13-22(21)30-26(24)34/h3-13,24,28H,14-15H2,1-2H3,(H,30,34)(H,32,33). The number of anilines is 2. The highest BCUT2D eigenvalue weighted by atomic mass is 35.5. The Balaban J connectivity index is 1.74. The number of carbonyl (C=O) groups is 2. The van der Waals surface area contributed by atoms with E-state index in [1.54, 1.807) is 24.3 Å². The predicted molar refractivity (Wildman–Crippen MR) is 135 cm³/mol. The van der Waals surface area contributed by atoms with Crippen molar-refractivity contribution in [3.05, 3.63) is 88.4 Å². The van der Waals surface area contributed by atoms with Crippen molar-refractivity contribution in [3.8, 4) is 0 Å². The van der Waals surface area contributed by atoms with Crippen LogP contribution in [0.4, 0.5) is 17.1 Å². The molecule has 3 aromatic carbocycles. The minimum atomic E-state index is -0.943. The highest BCUT2D eigenvalue weighted by Crippen LogP contribution is 2.38. The monoisotopic (exact) mass is 476 g/mol. The van der Waals surface area contributed by atoms with Crippen LogP contribution in [0.15, 0.2) is 71.7 Å². The van der Waals surface area contributed by atoms with Gasteiger partial charge in [0.1, 0.15) is 12.5 Å². The van der Waals surface area contributed by atoms with Crippen LogP contribution in [0.25, 0.3) is 0 Å². The first-order valence-electron chi connectivity index (χ1n) is 10.8. The van der Waals surface area contributed by atoms with Crippen LogP contribution in [0, 0.1) is 0 Å². The van der Waals surface area contributed by atoms with Gasteiger partial charge in [0, 0.05) is 22.9 Å². The molecule has 1 aliphatic heterocycles. The number of aliphatic imine (C=N–C) groups is 1. The summed E-state index contributed by atoms with van der Waals surface area (Å²) in [5.74, 6) is -1.72. The van der Waals surface area contributed by atoms with Gasteiger partial charge in [-0.1, -0.05) is 41.9 Å². The van der Waals surface area contributed by atoms with Gasteiger partial charge in [-0.05, 0) is 67.2 Å². The van der Waals surface area contributed by atoms with E-state index in [0.29, 0.717) is 22.1 Å². The van der Waals surface area contributed by atoms with Crippen LogP contribution < -0.4 is 10.6 Å². The first kappa shape index (κ1) is 23.5. The molecule has 1 atom stereocenters. The number of amides is 1. The molecule has 0 spiro atoms. The summed E-state index contributed by atoms with van der Waals surface area (Å²) in [5, 5.41) is 15.2. The number of benzene rings is 3. The highest BCUT2D eigenvalue weighted by molar-refractivity contribution is 6.31. The van der Waals surface area contributed by atoms with E-state index in [1.165, 1.54) is 0 Å². The SMILES string of the molecule is CN(C)Cc1ccc(N=C(c2ccc(NCC(=O)O)cc2)C2C(=O)Nc3cc(Cl)ccc32)cc1. The van der Waals surface area contributed by atoms with Crippen molar-refractivity contribution in [1.29, 1.82) is 0 Å². The fraction of sp³-hybridized carbons (Fsp3) is 0.192. The smallest absolute Gasteiger partial charge is 0.322 e. The molecule has 0 bridgehead atoms. The summed E-state index contributed by atoms with van der Waals surface area (Å²) < 4.78 is 0. The first-order chi connectivity index (χ1) is 16.3. The zero-order valence-corrected chi connectivity index (χ0v) is 19.6. The van der Waals surface area contributed by atoms with Gasteiger partial charge in [-0.3, -0.25) is 14.6 Å². The zero-order chi connectivity index (χ0) is 24.2. The Morgan fingerprint density at radius 3 is 2.44 bits per heavy atom. The van der Waals surface area contributed by atoms with E-state index in [9.17, 15) is 9.59 Å². The van der Waals surface area contributed by atoms with Gasteiger partial charge in [0.15, 0.2) is 0 Å². The molecule has 0 saturated heterocycles. The van der Waals surface area contributed by atoms with Crippen LogP contribution >= 0.6 is 11.6 Å². The number of hydrogen-bond acceptors (Lipinski definition) is 5. The Morgan fingerprint density at radius 2 is 1.79 bits per heavy atom. The van der Waals surface area contributed by atoms with Gasteiger partial charge in [0.05, 0.1) is 11.4 Å². The maximum Gasteiger partial charge on any atom is 0.322 e. The van der Waals surface area contributed by atoms with Crippen LogP contribution in [-0.4, -0.2) is 48.2 Å². The molecule has 4 rings (SSSR count). The third-order valence-electron chi connectivity index (χ3n) is 5.43. The van der Waals surface area contributed by atoms with Crippen molar-refractivity contribution < 1.29 is 14.7 Å². The zero-order valence-electron chi connectivity index (χ0n) is 18.9. The molecule has 1 unspecified atom stereocenters. The number of hydrogen-bond donors (Lipinski definition) is 3. The van der Waals surface area contributed by atoms with Crippen LogP contribution in [0.1, 0.15) is 22.6 Å². The number of halogens is 1. The summed E-state index contributed by atoms with van der Waals surface area (Å²) in [6.07, 6.45) is 0. The molecule has 0 aromatic heterocycles. The Hall–Kier alpha value is -3.68. The van der Waals surface area contributed by atoms with Crippen molar-refractivity contribution in [3.63, 3.8) is 0 Å². The number of rotatable bonds is 8. The van der Waals surface area contributed by atoms with Crippen molar-refractivity contribution in [2.24, 2.45) is 4.99 Å². The molecule has 1 heterocycles. The van der Waals surface area contributed by atoms with E-state index < -0.39 is 11.9 Å². The molecule has 7 nitrogen and oxygen atoms in total. The van der Waals surface area contributed by atoms with Gasteiger partial charge in [-0.25, -0.2) is 0 Å². The lowest BCUT2D eigenvalue weighted by Gasteiger charge is -2.15. The Morgan fingerprint density at radius 1 is 1.09 bits per heavy atom. The third kappa shape index (κ3) is 5.44. The van der Waals surface area contributed by atoms with E-state index >= 15 is 0 Å². The predicted octanol–water partition coefficient (Wildman–Crippen LogP) is 4.75. The maximum absolute atomic E-state index is 13.0. The topological polar surface area (TPSA) is 94.0 Å². The number of carboxylic acid groups (broad SMARTS) is 1. The van der Waals surface area contributed by atoms with Gasteiger partial charge in [-0.2, -0.15) is 0 Å². The van der Waals surface area contributed by atoms with Crippen LogP contribution in [0.3, 0.4) is 0 Å². The molecule has 0 radical (unpaired) electrons. The van der Waals surface area contributed by atoms with Crippen LogP contribution in [0.2, 0.25) is 5.02 Å². The van der Waals surface area contributed by atoms with E-state index in [0.717, 1.165) is 28.9 Å². The molecule has 0 aliphatic carbocycles. The number of carbonyl (C=O) groups excluding carboxylic acids is 1. The molecule has 3 aromatic rings. The number of nitrogens with one attached hydrogen (secondary N) is 2.